The van der Waals surface area contributed by atoms with Crippen molar-refractivity contribution in [3.05, 3.63) is 58.2 Å². The Morgan fingerprint density at radius 1 is 1.15 bits per heavy atom. The minimum absolute atomic E-state index is 0.133. The van der Waals surface area contributed by atoms with Crippen molar-refractivity contribution in [3.8, 4) is 0 Å². The van der Waals surface area contributed by atoms with Gasteiger partial charge in [-0.1, -0.05) is 11.6 Å². The molecule has 0 saturated carbocycles. The summed E-state index contributed by atoms with van der Waals surface area (Å²) in [5, 5.41) is 1.79. The number of H-pyrrole nitrogens is 1. The third-order valence-electron chi connectivity index (χ3n) is 4.91. The molecule has 2 aromatic heterocycles. The van der Waals surface area contributed by atoms with Crippen LogP contribution in [0.15, 0.2) is 40.8 Å². The second-order valence-electron chi connectivity index (χ2n) is 6.62. The Bertz CT molecular complexity index is 1180. The first-order valence-corrected chi connectivity index (χ1v) is 8.78. The Morgan fingerprint density at radius 2 is 2.00 bits per heavy atom. The highest BCUT2D eigenvalue weighted by Gasteiger charge is 2.31. The number of hydrogen-bond donors (Lipinski definition) is 1. The van der Waals surface area contributed by atoms with Crippen molar-refractivity contribution in [3.63, 3.8) is 0 Å². The summed E-state index contributed by atoms with van der Waals surface area (Å²) in [5.74, 6) is 0. The van der Waals surface area contributed by atoms with Crippen LogP contribution in [0, 0.1) is 0 Å². The van der Waals surface area contributed by atoms with Gasteiger partial charge in [-0.3, -0.25) is 0 Å². The minimum Gasteiger partial charge on any atom is -0.423 e. The highest BCUT2D eigenvalue weighted by atomic mass is 35.5. The number of halogens is 4. The van der Waals surface area contributed by atoms with E-state index in [-0.39, 0.29) is 5.58 Å². The van der Waals surface area contributed by atoms with Crippen LogP contribution in [0.2, 0.25) is 5.02 Å². The average molecular weight is 392 g/mol. The third kappa shape index (κ3) is 2.73. The summed E-state index contributed by atoms with van der Waals surface area (Å²) in [7, 11) is 0. The van der Waals surface area contributed by atoms with Gasteiger partial charge in [0.1, 0.15) is 5.52 Å². The van der Waals surface area contributed by atoms with Crippen LogP contribution in [-0.4, -0.2) is 16.5 Å². The van der Waals surface area contributed by atoms with Crippen molar-refractivity contribution in [1.29, 1.82) is 0 Å². The molecule has 0 bridgehead atoms. The second kappa shape index (κ2) is 5.66. The predicted molar refractivity (Wildman–Crippen MR) is 97.1 cm³/mol. The quantitative estimate of drug-likeness (QED) is 0.463. The minimum atomic E-state index is -4.41. The van der Waals surface area contributed by atoms with Gasteiger partial charge in [0.15, 0.2) is 5.58 Å². The SMILES string of the molecule is FC(F)(F)c1ccc2nc(N3CCc4c([nH]c5ccc(Cl)cc45)C3)oc2c1. The fraction of sp³-hybridized carbons (Fsp3) is 0.211. The molecule has 8 heteroatoms. The number of benzene rings is 2. The summed E-state index contributed by atoms with van der Waals surface area (Å²) in [6.07, 6.45) is -3.64. The Morgan fingerprint density at radius 3 is 2.81 bits per heavy atom. The standard InChI is InChI=1S/C19H13ClF3N3O/c20-11-2-4-14-13(8-11)12-5-6-26(9-16(12)24-14)18-25-15-3-1-10(19(21,22)23)7-17(15)27-18/h1-4,7-8,24H,5-6,9H2. The van der Waals surface area contributed by atoms with Crippen LogP contribution in [0.4, 0.5) is 19.2 Å². The van der Waals surface area contributed by atoms with Crippen molar-refractivity contribution >= 4 is 39.6 Å². The molecule has 0 fully saturated rings. The first kappa shape index (κ1) is 16.5. The molecule has 0 atom stereocenters. The fourth-order valence-electron chi connectivity index (χ4n) is 3.60. The van der Waals surface area contributed by atoms with Gasteiger partial charge in [-0.15, -0.1) is 0 Å². The molecule has 0 spiro atoms. The van der Waals surface area contributed by atoms with Crippen molar-refractivity contribution < 1.29 is 17.6 Å². The van der Waals surface area contributed by atoms with Crippen LogP contribution in [0.3, 0.4) is 0 Å². The third-order valence-corrected chi connectivity index (χ3v) is 5.15. The van der Waals surface area contributed by atoms with Crippen LogP contribution in [0.25, 0.3) is 22.0 Å². The molecule has 27 heavy (non-hydrogen) atoms. The molecule has 0 aliphatic carbocycles. The van der Waals surface area contributed by atoms with Gasteiger partial charge in [0.25, 0.3) is 6.01 Å². The summed E-state index contributed by atoms with van der Waals surface area (Å²) in [6, 6.07) is 9.40. The first-order valence-electron chi connectivity index (χ1n) is 8.40. The highest BCUT2D eigenvalue weighted by Crippen LogP contribution is 2.35. The van der Waals surface area contributed by atoms with E-state index in [1.54, 1.807) is 0 Å². The lowest BCUT2D eigenvalue weighted by Crippen LogP contribution is -2.30. The number of aromatic amines is 1. The number of oxazole rings is 1. The molecule has 0 amide bonds. The molecule has 0 saturated heterocycles. The van der Waals surface area contributed by atoms with Gasteiger partial charge in [0.2, 0.25) is 0 Å². The van der Waals surface area contributed by atoms with E-state index >= 15 is 0 Å². The number of alkyl halides is 3. The Hall–Kier alpha value is -2.67. The number of aromatic nitrogens is 2. The van der Waals surface area contributed by atoms with E-state index in [4.69, 9.17) is 16.0 Å². The molecule has 0 radical (unpaired) electrons. The topological polar surface area (TPSA) is 45.1 Å². The van der Waals surface area contributed by atoms with Crippen LogP contribution >= 0.6 is 11.6 Å². The molecule has 3 heterocycles. The number of anilines is 1. The molecule has 4 nitrogen and oxygen atoms in total. The van der Waals surface area contributed by atoms with Gasteiger partial charge < -0.3 is 14.3 Å². The maximum Gasteiger partial charge on any atom is 0.416 e. The lowest BCUT2D eigenvalue weighted by molar-refractivity contribution is -0.137. The van der Waals surface area contributed by atoms with E-state index in [1.807, 2.05) is 23.1 Å². The Balaban J connectivity index is 1.50. The summed E-state index contributed by atoms with van der Waals surface area (Å²) >= 11 is 6.10. The maximum atomic E-state index is 12.9. The highest BCUT2D eigenvalue weighted by molar-refractivity contribution is 6.31. The van der Waals surface area contributed by atoms with E-state index in [9.17, 15) is 13.2 Å². The molecule has 1 aliphatic heterocycles. The molecular weight excluding hydrogens is 379 g/mol. The predicted octanol–water partition coefficient (Wildman–Crippen LogP) is 5.54. The first-order chi connectivity index (χ1) is 12.9. The number of hydrogen-bond acceptors (Lipinski definition) is 3. The largest absolute Gasteiger partial charge is 0.423 e. The van der Waals surface area contributed by atoms with Crippen LogP contribution in [0.5, 0.6) is 0 Å². The number of nitrogens with zero attached hydrogens (tertiary/aromatic N) is 2. The number of fused-ring (bicyclic) bond motifs is 4. The van der Waals surface area contributed by atoms with Crippen molar-refractivity contribution in [2.45, 2.75) is 19.1 Å². The van der Waals surface area contributed by atoms with Crippen molar-refractivity contribution in [1.82, 2.24) is 9.97 Å². The summed E-state index contributed by atoms with van der Waals surface area (Å²) in [5.41, 5.74) is 3.06. The van der Waals surface area contributed by atoms with Crippen molar-refractivity contribution in [2.24, 2.45) is 0 Å². The number of nitrogens with one attached hydrogen (secondary N) is 1. The van der Waals surface area contributed by atoms with Gasteiger partial charge in [-0.25, -0.2) is 0 Å². The molecular formula is C19H13ClF3N3O. The molecule has 1 N–H and O–H groups in total. The van der Waals surface area contributed by atoms with E-state index in [0.29, 0.717) is 29.6 Å². The monoisotopic (exact) mass is 391 g/mol. The summed E-state index contributed by atoms with van der Waals surface area (Å²) in [6.45, 7) is 1.20. The maximum absolute atomic E-state index is 12.9. The lowest BCUT2D eigenvalue weighted by atomic mass is 10.0. The molecule has 4 aromatic rings. The molecule has 2 aromatic carbocycles. The van der Waals surface area contributed by atoms with E-state index in [2.05, 4.69) is 9.97 Å². The van der Waals surface area contributed by atoms with Crippen LogP contribution in [0.1, 0.15) is 16.8 Å². The van der Waals surface area contributed by atoms with E-state index in [0.717, 1.165) is 35.2 Å². The van der Waals surface area contributed by atoms with E-state index in [1.165, 1.54) is 11.6 Å². The van der Waals surface area contributed by atoms with Gasteiger partial charge in [0, 0.05) is 28.2 Å². The Labute approximate surface area is 156 Å². The van der Waals surface area contributed by atoms with Gasteiger partial charge in [-0.05, 0) is 48.4 Å². The average Bonchev–Trinajstić information content (AvgIpc) is 3.20. The number of rotatable bonds is 1. The van der Waals surface area contributed by atoms with Crippen molar-refractivity contribution in [2.75, 3.05) is 11.4 Å². The van der Waals surface area contributed by atoms with E-state index < -0.39 is 11.7 Å². The molecule has 0 unspecified atom stereocenters. The lowest BCUT2D eigenvalue weighted by Gasteiger charge is -2.25. The normalized spacial score (nSPS) is 14.9. The zero-order valence-corrected chi connectivity index (χ0v) is 14.7. The summed E-state index contributed by atoms with van der Waals surface area (Å²) in [4.78, 5) is 9.67. The molecule has 5 rings (SSSR count). The smallest absolute Gasteiger partial charge is 0.416 e. The summed E-state index contributed by atoms with van der Waals surface area (Å²) < 4.78 is 44.3. The fourth-order valence-corrected chi connectivity index (χ4v) is 3.77. The molecule has 1 aliphatic rings. The molecule has 138 valence electrons. The van der Waals surface area contributed by atoms with Crippen LogP contribution < -0.4 is 4.90 Å². The zero-order valence-electron chi connectivity index (χ0n) is 13.9. The van der Waals surface area contributed by atoms with Gasteiger partial charge in [-0.2, -0.15) is 18.2 Å². The zero-order chi connectivity index (χ0) is 18.8. The Kier molecular flexibility index (Phi) is 3.46. The van der Waals surface area contributed by atoms with Gasteiger partial charge in [0.05, 0.1) is 12.1 Å². The van der Waals surface area contributed by atoms with Crippen LogP contribution in [-0.2, 0) is 19.1 Å². The van der Waals surface area contributed by atoms with Gasteiger partial charge >= 0.3 is 6.18 Å². The second-order valence-corrected chi connectivity index (χ2v) is 7.06.